The van der Waals surface area contributed by atoms with E-state index in [0.29, 0.717) is 17.5 Å². The minimum Gasteiger partial charge on any atom is -0.308 e. The second kappa shape index (κ2) is 11.5. The third-order valence-electron chi connectivity index (χ3n) is 11.4. The van der Waals surface area contributed by atoms with Crippen molar-refractivity contribution in [1.82, 2.24) is 19.4 Å². The first-order chi connectivity index (χ1) is 27.3. The first-order valence-corrected chi connectivity index (χ1v) is 18.7. The van der Waals surface area contributed by atoms with E-state index >= 15 is 0 Å². The average molecular weight is 699 g/mol. The van der Waals surface area contributed by atoms with Crippen LogP contribution in [0.3, 0.4) is 0 Å². The summed E-state index contributed by atoms with van der Waals surface area (Å²) in [5, 5.41) is 12.3. The summed E-state index contributed by atoms with van der Waals surface area (Å²) >= 11 is 0. The molecule has 12 aromatic rings. The van der Waals surface area contributed by atoms with Crippen molar-refractivity contribution in [2.75, 3.05) is 0 Å². The molecule has 0 spiro atoms. The highest BCUT2D eigenvalue weighted by molar-refractivity contribution is 6.27. The van der Waals surface area contributed by atoms with Gasteiger partial charge in [0.25, 0.3) is 0 Å². The molecule has 55 heavy (non-hydrogen) atoms. The van der Waals surface area contributed by atoms with Crippen LogP contribution in [-0.4, -0.2) is 19.4 Å². The van der Waals surface area contributed by atoms with Gasteiger partial charge >= 0.3 is 0 Å². The zero-order valence-corrected chi connectivity index (χ0v) is 29.6. The summed E-state index contributed by atoms with van der Waals surface area (Å²) in [5.74, 6) is 1.93. The summed E-state index contributed by atoms with van der Waals surface area (Å²) in [6, 6.07) is 65.0. The highest BCUT2D eigenvalue weighted by Crippen LogP contribution is 2.44. The van der Waals surface area contributed by atoms with Crippen LogP contribution in [0.5, 0.6) is 0 Å². The first-order valence-electron chi connectivity index (χ1n) is 18.7. The quantitative estimate of drug-likeness (QED) is 0.172. The topological polar surface area (TPSA) is 43.1 Å². The molecule has 0 N–H and O–H groups in total. The van der Waals surface area contributed by atoms with E-state index in [2.05, 4.69) is 150 Å². The maximum Gasteiger partial charge on any atom is 0.164 e. The summed E-state index contributed by atoms with van der Waals surface area (Å²) in [6.07, 6.45) is 0. The Morgan fingerprint density at radius 1 is 0.273 bits per heavy atom. The SMILES string of the molecule is c1ccc(-c2nc(-c3ccccc3)nc(-c3cc4c5ccccc5c5ccccc5c4cc3-c3ccc4c(c3)c3cccc5c6ccccc6n4c53)n2)cc1. The number of hydrogen-bond donors (Lipinski definition) is 0. The molecule has 0 saturated heterocycles. The Hall–Kier alpha value is -7.43. The molecule has 0 fully saturated rings. The molecule has 0 aliphatic rings. The zero-order chi connectivity index (χ0) is 36.0. The van der Waals surface area contributed by atoms with E-state index in [1.807, 2.05) is 36.4 Å². The Kier molecular flexibility index (Phi) is 6.31. The minimum absolute atomic E-state index is 0.640. The fourth-order valence-electron chi connectivity index (χ4n) is 8.90. The molecule has 0 aliphatic heterocycles. The summed E-state index contributed by atoms with van der Waals surface area (Å²) < 4.78 is 2.43. The van der Waals surface area contributed by atoms with Crippen molar-refractivity contribution in [1.29, 1.82) is 0 Å². The molecule has 0 saturated carbocycles. The zero-order valence-electron chi connectivity index (χ0n) is 29.6. The molecule has 0 bridgehead atoms. The van der Waals surface area contributed by atoms with Gasteiger partial charge in [0.2, 0.25) is 0 Å². The Bertz CT molecular complexity index is 3420. The number of hydrogen-bond acceptors (Lipinski definition) is 3. The van der Waals surface area contributed by atoms with Crippen molar-refractivity contribution in [2.24, 2.45) is 0 Å². The largest absolute Gasteiger partial charge is 0.308 e. The van der Waals surface area contributed by atoms with Crippen molar-refractivity contribution in [3.8, 4) is 45.3 Å². The third kappa shape index (κ3) is 4.43. The van der Waals surface area contributed by atoms with Gasteiger partial charge in [0.15, 0.2) is 17.5 Å². The van der Waals surface area contributed by atoms with E-state index in [1.54, 1.807) is 0 Å². The second-order valence-corrected chi connectivity index (χ2v) is 14.4. The molecule has 0 radical (unpaired) electrons. The van der Waals surface area contributed by atoms with E-state index in [4.69, 9.17) is 15.0 Å². The van der Waals surface area contributed by atoms with Crippen LogP contribution in [0.25, 0.3) is 116 Å². The van der Waals surface area contributed by atoms with Crippen LogP contribution in [0.15, 0.2) is 182 Å². The van der Waals surface area contributed by atoms with Crippen LogP contribution >= 0.6 is 0 Å². The second-order valence-electron chi connectivity index (χ2n) is 14.4. The summed E-state index contributed by atoms with van der Waals surface area (Å²) in [7, 11) is 0. The standard InChI is InChI=1S/C51H30N4/c1-3-14-31(15-4-1)49-52-50(32-16-5-2-6-17-32)54-51(53-49)45-30-43-37-21-10-8-19-35(37)34-18-7-9-20-36(34)42(43)29-41(45)33-26-27-47-44(28-33)40-24-13-23-39-38-22-11-12-25-46(38)55(47)48(39)40/h1-30H. The Labute approximate surface area is 316 Å². The molecule has 0 amide bonds. The van der Waals surface area contributed by atoms with Crippen LogP contribution in [0.2, 0.25) is 0 Å². The van der Waals surface area contributed by atoms with Crippen molar-refractivity contribution < 1.29 is 0 Å². The smallest absolute Gasteiger partial charge is 0.164 e. The van der Waals surface area contributed by atoms with Gasteiger partial charge in [-0.2, -0.15) is 0 Å². The highest BCUT2D eigenvalue weighted by Gasteiger charge is 2.21. The molecule has 0 unspecified atom stereocenters. The number of benzene rings is 9. The maximum atomic E-state index is 5.27. The van der Waals surface area contributed by atoms with Gasteiger partial charge in [-0.1, -0.05) is 152 Å². The van der Waals surface area contributed by atoms with E-state index in [1.165, 1.54) is 70.4 Å². The van der Waals surface area contributed by atoms with E-state index in [-0.39, 0.29) is 0 Å². The molecular weight excluding hydrogens is 669 g/mol. The van der Waals surface area contributed by atoms with Crippen LogP contribution in [0, 0.1) is 0 Å². The minimum atomic E-state index is 0.640. The van der Waals surface area contributed by atoms with E-state index in [9.17, 15) is 0 Å². The predicted octanol–water partition coefficient (Wildman–Crippen LogP) is 13.1. The Morgan fingerprint density at radius 2 is 0.727 bits per heavy atom. The lowest BCUT2D eigenvalue weighted by Gasteiger charge is -2.17. The van der Waals surface area contributed by atoms with Crippen LogP contribution in [0.1, 0.15) is 0 Å². The molecule has 3 aromatic heterocycles. The van der Waals surface area contributed by atoms with E-state index in [0.717, 1.165) is 27.8 Å². The average Bonchev–Trinajstić information content (AvgIpc) is 3.79. The van der Waals surface area contributed by atoms with Crippen molar-refractivity contribution >= 4 is 70.4 Å². The monoisotopic (exact) mass is 698 g/mol. The maximum absolute atomic E-state index is 5.27. The summed E-state index contributed by atoms with van der Waals surface area (Å²) in [6.45, 7) is 0. The van der Waals surface area contributed by atoms with Gasteiger partial charge in [-0.3, -0.25) is 0 Å². The molecule has 4 nitrogen and oxygen atoms in total. The lowest BCUT2D eigenvalue weighted by Crippen LogP contribution is -2.01. The van der Waals surface area contributed by atoms with Crippen LogP contribution < -0.4 is 0 Å². The van der Waals surface area contributed by atoms with Crippen LogP contribution in [-0.2, 0) is 0 Å². The lowest BCUT2D eigenvalue weighted by atomic mass is 9.88. The fraction of sp³-hybridized carbons (Fsp3) is 0. The molecule has 9 aromatic carbocycles. The fourth-order valence-corrected chi connectivity index (χ4v) is 8.90. The predicted molar refractivity (Wildman–Crippen MR) is 229 cm³/mol. The first kappa shape index (κ1) is 30.1. The molecule has 3 heterocycles. The highest BCUT2D eigenvalue weighted by atomic mass is 15.0. The van der Waals surface area contributed by atoms with Crippen molar-refractivity contribution in [2.45, 2.75) is 0 Å². The van der Waals surface area contributed by atoms with Crippen molar-refractivity contribution in [3.05, 3.63) is 182 Å². The molecule has 12 rings (SSSR count). The number of aromatic nitrogens is 4. The number of rotatable bonds is 4. The van der Waals surface area contributed by atoms with Gasteiger partial charge < -0.3 is 4.40 Å². The van der Waals surface area contributed by atoms with Crippen LogP contribution in [0.4, 0.5) is 0 Å². The van der Waals surface area contributed by atoms with Gasteiger partial charge in [0.05, 0.1) is 16.6 Å². The summed E-state index contributed by atoms with van der Waals surface area (Å²) in [4.78, 5) is 15.6. The lowest BCUT2D eigenvalue weighted by molar-refractivity contribution is 1.07. The van der Waals surface area contributed by atoms with Gasteiger partial charge in [-0.05, 0) is 73.8 Å². The van der Waals surface area contributed by atoms with E-state index < -0.39 is 0 Å². The number of para-hydroxylation sites is 2. The molecule has 254 valence electrons. The number of nitrogens with zero attached hydrogens (tertiary/aromatic N) is 4. The molecule has 0 atom stereocenters. The van der Waals surface area contributed by atoms with Gasteiger partial charge in [-0.25, -0.2) is 15.0 Å². The number of fused-ring (bicyclic) bond motifs is 12. The molecule has 4 heteroatoms. The molecule has 0 aliphatic carbocycles. The third-order valence-corrected chi connectivity index (χ3v) is 11.4. The van der Waals surface area contributed by atoms with Gasteiger partial charge in [0, 0.05) is 38.2 Å². The molecular formula is C51H30N4. The van der Waals surface area contributed by atoms with Gasteiger partial charge in [-0.15, -0.1) is 0 Å². The Balaban J connectivity index is 1.21. The van der Waals surface area contributed by atoms with Crippen molar-refractivity contribution in [3.63, 3.8) is 0 Å². The van der Waals surface area contributed by atoms with Gasteiger partial charge in [0.1, 0.15) is 0 Å². The normalized spacial score (nSPS) is 12.0. The Morgan fingerprint density at radius 3 is 1.35 bits per heavy atom. The summed E-state index contributed by atoms with van der Waals surface area (Å²) in [5.41, 5.74) is 8.75.